The monoisotopic (exact) mass is 439 g/mol. The number of aryl methyl sites for hydroxylation is 2. The average molecular weight is 440 g/mol. The number of carbonyl (C=O) groups is 1. The van der Waals surface area contributed by atoms with Crippen molar-refractivity contribution in [1.29, 1.82) is 0 Å². The Kier molecular flexibility index (Phi) is 4.47. The smallest absolute Gasteiger partial charge is 0.170 e. The van der Waals surface area contributed by atoms with E-state index in [4.69, 9.17) is 4.74 Å². The summed E-state index contributed by atoms with van der Waals surface area (Å²) in [5.74, 6) is 1.83. The molecular weight excluding hydrogens is 414 g/mol. The lowest BCUT2D eigenvalue weighted by Crippen LogP contribution is -2.51. The van der Waals surface area contributed by atoms with Gasteiger partial charge in [0.25, 0.3) is 0 Å². The van der Waals surface area contributed by atoms with Crippen LogP contribution in [0.3, 0.4) is 0 Å². The number of aromatic nitrogens is 4. The van der Waals surface area contributed by atoms with Crippen LogP contribution in [0.5, 0.6) is 5.75 Å². The summed E-state index contributed by atoms with van der Waals surface area (Å²) in [6, 6.07) is 14.0. The van der Waals surface area contributed by atoms with Crippen LogP contribution in [0.15, 0.2) is 55.0 Å². The first-order valence-corrected chi connectivity index (χ1v) is 11.4. The molecule has 7 nitrogen and oxygen atoms in total. The van der Waals surface area contributed by atoms with Gasteiger partial charge in [0, 0.05) is 25.9 Å². The van der Waals surface area contributed by atoms with Crippen molar-refractivity contribution in [2.45, 2.75) is 38.7 Å². The van der Waals surface area contributed by atoms with Crippen molar-refractivity contribution < 1.29 is 9.53 Å². The highest BCUT2D eigenvalue weighted by molar-refractivity contribution is 6.01. The average Bonchev–Trinajstić information content (AvgIpc) is 3.26. The Labute approximate surface area is 192 Å². The Morgan fingerprint density at radius 1 is 1.03 bits per heavy atom. The number of fused-ring (bicyclic) bond motifs is 2. The third-order valence-electron chi connectivity index (χ3n) is 6.84. The molecule has 2 aromatic carbocycles. The standard InChI is InChI=1S/C26H25N5O2/c1-17-12-18(2)23-20(13-17)22(32)14-26(33-23)8-10-30(11-9-26)24-21-15-29-31(25(21)28-16-27-24)19-6-4-3-5-7-19/h3-7,12-13,15-16H,8-11,14H2,1-2H3. The fourth-order valence-corrected chi connectivity index (χ4v) is 5.18. The van der Waals surface area contributed by atoms with Gasteiger partial charge in [0.15, 0.2) is 11.4 Å². The molecule has 0 saturated carbocycles. The maximum atomic E-state index is 13.0. The number of para-hydroxylation sites is 1. The van der Waals surface area contributed by atoms with E-state index in [1.165, 1.54) is 0 Å². The van der Waals surface area contributed by atoms with E-state index in [1.54, 1.807) is 6.33 Å². The molecule has 0 amide bonds. The van der Waals surface area contributed by atoms with E-state index in [-0.39, 0.29) is 5.78 Å². The maximum absolute atomic E-state index is 13.0. The van der Waals surface area contributed by atoms with E-state index < -0.39 is 5.60 Å². The second-order valence-corrected chi connectivity index (χ2v) is 9.16. The van der Waals surface area contributed by atoms with E-state index in [2.05, 4.69) is 26.0 Å². The summed E-state index contributed by atoms with van der Waals surface area (Å²) in [5.41, 5.74) is 4.17. The summed E-state index contributed by atoms with van der Waals surface area (Å²) in [7, 11) is 0. The van der Waals surface area contributed by atoms with Crippen molar-refractivity contribution in [3.63, 3.8) is 0 Å². The number of nitrogens with zero attached hydrogens (tertiary/aromatic N) is 5. The molecule has 0 atom stereocenters. The number of Topliss-reactive ketones (excluding diaryl/α,β-unsaturated/α-hetero) is 1. The van der Waals surface area contributed by atoms with Gasteiger partial charge < -0.3 is 9.64 Å². The quantitative estimate of drug-likeness (QED) is 0.460. The molecule has 0 N–H and O–H groups in total. The Balaban J connectivity index is 1.28. The van der Waals surface area contributed by atoms with E-state index in [0.29, 0.717) is 6.42 Å². The normalized spacial score (nSPS) is 17.3. The molecule has 0 aliphatic carbocycles. The molecule has 2 aliphatic heterocycles. The summed E-state index contributed by atoms with van der Waals surface area (Å²) in [6.45, 7) is 5.56. The second kappa shape index (κ2) is 7.40. The zero-order chi connectivity index (χ0) is 22.6. The minimum atomic E-state index is -0.443. The largest absolute Gasteiger partial charge is 0.486 e. The van der Waals surface area contributed by atoms with Gasteiger partial charge in [-0.15, -0.1) is 0 Å². The topological polar surface area (TPSA) is 73.1 Å². The predicted octanol–water partition coefficient (Wildman–Crippen LogP) is 4.44. The lowest BCUT2D eigenvalue weighted by molar-refractivity contribution is 0.0225. The summed E-state index contributed by atoms with van der Waals surface area (Å²) >= 11 is 0. The molecule has 4 heterocycles. The zero-order valence-corrected chi connectivity index (χ0v) is 18.8. The van der Waals surface area contributed by atoms with Gasteiger partial charge in [-0.1, -0.05) is 24.3 Å². The van der Waals surface area contributed by atoms with Crippen molar-refractivity contribution in [1.82, 2.24) is 19.7 Å². The molecule has 33 heavy (non-hydrogen) atoms. The van der Waals surface area contributed by atoms with Crippen LogP contribution in [0.2, 0.25) is 0 Å². The number of hydrogen-bond donors (Lipinski definition) is 0. The zero-order valence-electron chi connectivity index (χ0n) is 18.8. The van der Waals surface area contributed by atoms with Crippen LogP contribution >= 0.6 is 0 Å². The van der Waals surface area contributed by atoms with Gasteiger partial charge in [-0.2, -0.15) is 5.10 Å². The molecule has 6 rings (SSSR count). The number of ketones is 1. The third kappa shape index (κ3) is 3.26. The van der Waals surface area contributed by atoms with Gasteiger partial charge in [-0.3, -0.25) is 4.79 Å². The van der Waals surface area contributed by atoms with Crippen LogP contribution in [-0.4, -0.2) is 44.2 Å². The molecule has 0 bridgehead atoms. The Bertz CT molecular complexity index is 1370. The lowest BCUT2D eigenvalue weighted by atomic mass is 9.81. The third-order valence-corrected chi connectivity index (χ3v) is 6.84. The second-order valence-electron chi connectivity index (χ2n) is 9.16. The Hall–Kier alpha value is -3.74. The lowest BCUT2D eigenvalue weighted by Gasteiger charge is -2.44. The van der Waals surface area contributed by atoms with Crippen LogP contribution in [0.4, 0.5) is 5.82 Å². The summed E-state index contributed by atoms with van der Waals surface area (Å²) in [4.78, 5) is 24.4. The number of hydrogen-bond acceptors (Lipinski definition) is 6. The first kappa shape index (κ1) is 19.9. The SMILES string of the molecule is Cc1cc(C)c2c(c1)C(=O)CC1(CCN(c3ncnc4c3cnn4-c3ccccc3)CC1)O2. The molecule has 1 spiro atoms. The van der Waals surface area contributed by atoms with Gasteiger partial charge in [0.05, 0.1) is 29.3 Å². The van der Waals surface area contributed by atoms with Crippen molar-refractivity contribution in [2.24, 2.45) is 0 Å². The highest BCUT2D eigenvalue weighted by Crippen LogP contribution is 2.42. The first-order chi connectivity index (χ1) is 16.0. The van der Waals surface area contributed by atoms with Crippen LogP contribution in [0.1, 0.15) is 40.7 Å². The number of piperidine rings is 1. The van der Waals surface area contributed by atoms with Gasteiger partial charge in [0.1, 0.15) is 23.5 Å². The van der Waals surface area contributed by atoms with E-state index in [9.17, 15) is 4.79 Å². The summed E-state index contributed by atoms with van der Waals surface area (Å²) in [5, 5.41) is 5.50. The highest BCUT2D eigenvalue weighted by atomic mass is 16.5. The molecule has 1 fully saturated rings. The number of benzene rings is 2. The van der Waals surface area contributed by atoms with Crippen molar-refractivity contribution >= 4 is 22.6 Å². The predicted molar refractivity (Wildman–Crippen MR) is 126 cm³/mol. The van der Waals surface area contributed by atoms with E-state index in [1.807, 2.05) is 61.1 Å². The molecule has 7 heteroatoms. The molecule has 4 aromatic rings. The number of ether oxygens (including phenoxy) is 1. The molecule has 166 valence electrons. The van der Waals surface area contributed by atoms with Crippen LogP contribution in [-0.2, 0) is 0 Å². The van der Waals surface area contributed by atoms with Crippen LogP contribution in [0.25, 0.3) is 16.7 Å². The molecule has 2 aromatic heterocycles. The molecule has 0 radical (unpaired) electrons. The van der Waals surface area contributed by atoms with Crippen LogP contribution < -0.4 is 9.64 Å². The van der Waals surface area contributed by atoms with Crippen molar-refractivity contribution in [2.75, 3.05) is 18.0 Å². The fraction of sp³-hybridized carbons (Fsp3) is 0.308. The molecular formula is C26H25N5O2. The number of carbonyl (C=O) groups excluding carboxylic acids is 1. The molecule has 1 saturated heterocycles. The first-order valence-electron chi connectivity index (χ1n) is 11.4. The Morgan fingerprint density at radius 2 is 1.82 bits per heavy atom. The van der Waals surface area contributed by atoms with Gasteiger partial charge >= 0.3 is 0 Å². The van der Waals surface area contributed by atoms with Gasteiger partial charge in [0.2, 0.25) is 0 Å². The minimum Gasteiger partial charge on any atom is -0.486 e. The summed E-state index contributed by atoms with van der Waals surface area (Å²) in [6.07, 6.45) is 5.41. The summed E-state index contributed by atoms with van der Waals surface area (Å²) < 4.78 is 8.40. The van der Waals surface area contributed by atoms with Crippen molar-refractivity contribution in [3.05, 3.63) is 71.7 Å². The molecule has 0 unspecified atom stereocenters. The molecule has 2 aliphatic rings. The number of rotatable bonds is 2. The van der Waals surface area contributed by atoms with E-state index in [0.717, 1.165) is 70.9 Å². The minimum absolute atomic E-state index is 0.185. The maximum Gasteiger partial charge on any atom is 0.170 e. The van der Waals surface area contributed by atoms with Crippen molar-refractivity contribution in [3.8, 4) is 11.4 Å². The fourth-order valence-electron chi connectivity index (χ4n) is 5.18. The van der Waals surface area contributed by atoms with Gasteiger partial charge in [-0.05, 0) is 43.2 Å². The number of anilines is 1. The van der Waals surface area contributed by atoms with E-state index >= 15 is 0 Å². The highest BCUT2D eigenvalue weighted by Gasteiger charge is 2.44. The van der Waals surface area contributed by atoms with Gasteiger partial charge in [-0.25, -0.2) is 14.6 Å². The Morgan fingerprint density at radius 3 is 2.61 bits per heavy atom. The van der Waals surface area contributed by atoms with Crippen LogP contribution in [0, 0.1) is 13.8 Å².